The first-order chi connectivity index (χ1) is 19.9. The normalized spacial score (nSPS) is 12.8. The maximum absolute atomic E-state index is 5.88. The van der Waals surface area contributed by atoms with E-state index in [9.17, 15) is 0 Å². The van der Waals surface area contributed by atoms with Gasteiger partial charge in [0.2, 0.25) is 0 Å². The summed E-state index contributed by atoms with van der Waals surface area (Å²) < 4.78 is 5.88. The van der Waals surface area contributed by atoms with Crippen molar-refractivity contribution in [3.8, 4) is 0 Å². The molecular formula is C33H35IrN7O-4. The Morgan fingerprint density at radius 2 is 1.43 bits per heavy atom. The van der Waals surface area contributed by atoms with Crippen LogP contribution in [0.5, 0.6) is 0 Å². The summed E-state index contributed by atoms with van der Waals surface area (Å²) in [6, 6.07) is 27.4. The summed E-state index contributed by atoms with van der Waals surface area (Å²) in [5.41, 5.74) is 2.79. The van der Waals surface area contributed by atoms with Crippen molar-refractivity contribution < 1.29 is 24.5 Å². The van der Waals surface area contributed by atoms with Gasteiger partial charge < -0.3 is 29.8 Å². The van der Waals surface area contributed by atoms with Gasteiger partial charge in [-0.3, -0.25) is 0 Å². The fourth-order valence-electron chi connectivity index (χ4n) is 4.45. The molecule has 1 aliphatic rings. The van der Waals surface area contributed by atoms with E-state index >= 15 is 0 Å². The number of fused-ring (bicyclic) bond motifs is 3. The van der Waals surface area contributed by atoms with Crippen molar-refractivity contribution in [1.29, 1.82) is 0 Å². The molecule has 1 aliphatic heterocycles. The number of hydrogen-bond donors (Lipinski definition) is 0. The van der Waals surface area contributed by atoms with Crippen LogP contribution in [-0.4, -0.2) is 40.3 Å². The molecule has 9 heteroatoms. The van der Waals surface area contributed by atoms with Gasteiger partial charge in [-0.25, -0.2) is 9.97 Å². The van der Waals surface area contributed by atoms with Gasteiger partial charge in [-0.2, -0.15) is 25.1 Å². The van der Waals surface area contributed by atoms with E-state index in [1.807, 2.05) is 108 Å². The molecule has 42 heavy (non-hydrogen) atoms. The number of rotatable bonds is 8. The first-order valence-electron chi connectivity index (χ1n) is 13.8. The topological polar surface area (TPSA) is 76.8 Å². The standard InChI is InChI=1S/C17H23N5.C16H12N2O.Ir/c1-13(2)20-17(21-14(3)4)22(15-9-5-7-11-18-15)16-10-6-8-12-19-16;1-17-8-9-18(11-17)12-6-7-14-13-4-2-3-5-15(13)19-16(14)10-12;/h5-14,17H,1-4H3;2-5,7-11H,1H3;/q2*-2;. The zero-order chi connectivity index (χ0) is 28.8. The van der Waals surface area contributed by atoms with Crippen molar-refractivity contribution in [3.05, 3.63) is 121 Å². The second kappa shape index (κ2) is 14.4. The summed E-state index contributed by atoms with van der Waals surface area (Å²) in [7, 11) is 2.00. The zero-order valence-corrected chi connectivity index (χ0v) is 26.8. The molecule has 8 nitrogen and oxygen atoms in total. The number of anilines is 3. The van der Waals surface area contributed by atoms with Crippen LogP contribution in [0.2, 0.25) is 0 Å². The molecule has 0 fully saturated rings. The molecule has 0 N–H and O–H groups in total. The smallest absolute Gasteiger partial charge is 0.131 e. The molecule has 0 amide bonds. The molecule has 3 aromatic heterocycles. The van der Waals surface area contributed by atoms with Gasteiger partial charge >= 0.3 is 0 Å². The predicted octanol–water partition coefficient (Wildman–Crippen LogP) is 8.19. The Balaban J connectivity index is 0.000000190. The van der Waals surface area contributed by atoms with Gasteiger partial charge in [0.05, 0.1) is 0 Å². The SMILES string of the molecule is CC(C)[N-]C([N-]C(C)C)N(c1ccccn1)c1ccccn1.CN1C=CN(c2[c-]cc3c(c2)oc2ccccc23)[CH-]1.[Ir]. The van der Waals surface area contributed by atoms with Gasteiger partial charge in [0.1, 0.15) is 17.2 Å². The third-order valence-corrected chi connectivity index (χ3v) is 6.23. The minimum absolute atomic E-state index is 0. The maximum atomic E-state index is 5.88. The number of hydrogen-bond acceptors (Lipinski definition) is 6. The van der Waals surface area contributed by atoms with Crippen LogP contribution in [0.3, 0.4) is 0 Å². The monoisotopic (exact) mass is 738 g/mol. The Hall–Kier alpha value is -3.75. The second-order valence-electron chi connectivity index (χ2n) is 10.3. The molecule has 0 unspecified atom stereocenters. The predicted molar refractivity (Wildman–Crippen MR) is 168 cm³/mol. The Morgan fingerprint density at radius 1 is 0.810 bits per heavy atom. The first kappa shape index (κ1) is 31.2. The molecule has 6 rings (SSSR count). The molecule has 221 valence electrons. The van der Waals surface area contributed by atoms with Crippen molar-refractivity contribution >= 4 is 39.3 Å². The number of pyridine rings is 2. The van der Waals surface area contributed by atoms with E-state index in [2.05, 4.69) is 49.8 Å². The summed E-state index contributed by atoms with van der Waals surface area (Å²) in [6.45, 7) is 10.2. The Morgan fingerprint density at radius 3 is 1.98 bits per heavy atom. The fourth-order valence-corrected chi connectivity index (χ4v) is 4.45. The van der Waals surface area contributed by atoms with E-state index < -0.39 is 0 Å². The minimum Gasteiger partial charge on any atom is -0.658 e. The van der Waals surface area contributed by atoms with Crippen molar-refractivity contribution in [3.63, 3.8) is 0 Å². The summed E-state index contributed by atoms with van der Waals surface area (Å²) in [5.74, 6) is 1.58. The van der Waals surface area contributed by atoms with Crippen LogP contribution in [0.15, 0.2) is 102 Å². The van der Waals surface area contributed by atoms with E-state index in [1.54, 1.807) is 12.4 Å². The number of benzene rings is 2. The van der Waals surface area contributed by atoms with Crippen LogP contribution in [0, 0.1) is 12.7 Å². The third kappa shape index (κ3) is 7.55. The van der Waals surface area contributed by atoms with Crippen molar-refractivity contribution in [2.45, 2.75) is 46.1 Å². The van der Waals surface area contributed by atoms with E-state index in [4.69, 9.17) is 15.1 Å². The largest absolute Gasteiger partial charge is 0.658 e. The van der Waals surface area contributed by atoms with Crippen LogP contribution in [0.25, 0.3) is 32.6 Å². The van der Waals surface area contributed by atoms with Crippen LogP contribution in [0.4, 0.5) is 17.3 Å². The molecular weight excluding hydrogens is 703 g/mol. The minimum atomic E-state index is -0.343. The van der Waals surface area contributed by atoms with Gasteiger partial charge in [0, 0.05) is 38.1 Å². The van der Waals surface area contributed by atoms with Gasteiger partial charge in [-0.1, -0.05) is 63.4 Å². The van der Waals surface area contributed by atoms with Crippen molar-refractivity contribution in [1.82, 2.24) is 14.9 Å². The molecule has 0 aliphatic carbocycles. The van der Waals surface area contributed by atoms with Gasteiger partial charge in [-0.05, 0) is 55.2 Å². The quantitative estimate of drug-likeness (QED) is 0.150. The summed E-state index contributed by atoms with van der Waals surface area (Å²) in [4.78, 5) is 14.9. The van der Waals surface area contributed by atoms with Gasteiger partial charge in [0.25, 0.3) is 0 Å². The van der Waals surface area contributed by atoms with Crippen LogP contribution >= 0.6 is 0 Å². The Bertz CT molecular complexity index is 1520. The Kier molecular flexibility index (Phi) is 10.7. The molecule has 0 saturated heterocycles. The van der Waals surface area contributed by atoms with Crippen molar-refractivity contribution in [2.24, 2.45) is 0 Å². The number of aromatic nitrogens is 2. The second-order valence-corrected chi connectivity index (χ2v) is 10.3. The Labute approximate surface area is 261 Å². The summed E-state index contributed by atoms with van der Waals surface area (Å²) >= 11 is 0. The fraction of sp³-hybridized carbons (Fsp3) is 0.242. The third-order valence-electron chi connectivity index (χ3n) is 6.23. The maximum Gasteiger partial charge on any atom is 0.131 e. The van der Waals surface area contributed by atoms with Crippen molar-refractivity contribution in [2.75, 3.05) is 16.8 Å². The zero-order valence-electron chi connectivity index (χ0n) is 24.4. The average Bonchev–Trinajstić information content (AvgIpc) is 3.57. The van der Waals surface area contributed by atoms with E-state index in [0.717, 1.165) is 39.3 Å². The summed E-state index contributed by atoms with van der Waals surface area (Å²) in [6.07, 6.45) is 7.20. The number of para-hydroxylation sites is 1. The van der Waals surface area contributed by atoms with E-state index in [1.165, 1.54) is 0 Å². The molecule has 0 spiro atoms. The molecule has 0 bridgehead atoms. The molecule has 0 atom stereocenters. The summed E-state index contributed by atoms with van der Waals surface area (Å²) in [5, 5.41) is 11.7. The van der Waals surface area contributed by atoms with E-state index in [-0.39, 0.29) is 38.5 Å². The first-order valence-corrected chi connectivity index (χ1v) is 13.8. The number of nitrogens with zero attached hydrogens (tertiary/aromatic N) is 7. The molecule has 1 radical (unpaired) electrons. The van der Waals surface area contributed by atoms with Gasteiger partial charge in [0.15, 0.2) is 0 Å². The van der Waals surface area contributed by atoms with Gasteiger partial charge in [-0.15, -0.1) is 23.8 Å². The number of furan rings is 1. The molecule has 2 aromatic carbocycles. The van der Waals surface area contributed by atoms with E-state index in [0.29, 0.717) is 0 Å². The average molecular weight is 738 g/mol. The van der Waals surface area contributed by atoms with Crippen LogP contribution in [-0.2, 0) is 20.1 Å². The molecule has 4 heterocycles. The molecule has 0 saturated carbocycles. The molecule has 5 aromatic rings. The van der Waals surface area contributed by atoms with Crippen LogP contribution in [0.1, 0.15) is 27.7 Å². The van der Waals surface area contributed by atoms with Crippen LogP contribution < -0.4 is 9.80 Å².